The van der Waals surface area contributed by atoms with Crippen LogP contribution in [0.5, 0.6) is 5.75 Å². The molecule has 0 aromatic heterocycles. The number of nitrogens with two attached hydrogens (primary N) is 1. The third kappa shape index (κ3) is 4.73. The van der Waals surface area contributed by atoms with Crippen molar-refractivity contribution < 1.29 is 9.53 Å². The normalized spacial score (nSPS) is 10.5. The second-order valence-electron chi connectivity index (χ2n) is 5.58. The van der Waals surface area contributed by atoms with E-state index in [1.165, 1.54) is 0 Å². The Labute approximate surface area is 148 Å². The minimum Gasteiger partial charge on any atom is -0.494 e. The summed E-state index contributed by atoms with van der Waals surface area (Å²) < 4.78 is 5.61. The topological polar surface area (TPSA) is 55.6 Å². The van der Waals surface area contributed by atoms with Crippen molar-refractivity contribution in [3.63, 3.8) is 0 Å². The first-order valence-electron chi connectivity index (χ1n) is 8.00. The summed E-state index contributed by atoms with van der Waals surface area (Å²) in [6.45, 7) is 3.52. The van der Waals surface area contributed by atoms with Crippen LogP contribution in [0.2, 0.25) is 5.02 Å². The number of hydrogen-bond donors (Lipinski definition) is 1. The van der Waals surface area contributed by atoms with E-state index in [1.807, 2.05) is 43.3 Å². The van der Waals surface area contributed by atoms with Crippen LogP contribution in [0.4, 0.5) is 0 Å². The number of halogens is 1. The molecule has 0 heterocycles. The van der Waals surface area contributed by atoms with E-state index in [0.717, 1.165) is 23.3 Å². The van der Waals surface area contributed by atoms with Crippen LogP contribution < -0.4 is 10.5 Å². The second-order valence-corrected chi connectivity index (χ2v) is 6.02. The molecule has 2 rings (SSSR count). The van der Waals surface area contributed by atoms with Crippen LogP contribution in [0.1, 0.15) is 28.4 Å². The maximum absolute atomic E-state index is 12.6. The highest BCUT2D eigenvalue weighted by atomic mass is 35.5. The smallest absolute Gasteiger partial charge is 0.253 e. The zero-order chi connectivity index (χ0) is 17.5. The van der Waals surface area contributed by atoms with Crippen LogP contribution in [0, 0.1) is 0 Å². The van der Waals surface area contributed by atoms with Crippen molar-refractivity contribution in [2.45, 2.75) is 19.9 Å². The van der Waals surface area contributed by atoms with Crippen LogP contribution in [0.25, 0.3) is 0 Å². The highest BCUT2D eigenvalue weighted by Gasteiger charge is 2.14. The highest BCUT2D eigenvalue weighted by molar-refractivity contribution is 6.30. The molecule has 2 N–H and O–H groups in total. The van der Waals surface area contributed by atoms with Crippen molar-refractivity contribution in [1.82, 2.24) is 4.90 Å². The Bertz CT molecular complexity index is 686. The molecule has 0 radical (unpaired) electrons. The highest BCUT2D eigenvalue weighted by Crippen LogP contribution is 2.24. The first-order valence-corrected chi connectivity index (χ1v) is 8.38. The van der Waals surface area contributed by atoms with Gasteiger partial charge in [0.15, 0.2) is 0 Å². The van der Waals surface area contributed by atoms with Crippen LogP contribution in [-0.4, -0.2) is 31.0 Å². The van der Waals surface area contributed by atoms with Gasteiger partial charge in [0.05, 0.1) is 6.61 Å². The Balaban J connectivity index is 2.12. The van der Waals surface area contributed by atoms with Gasteiger partial charge >= 0.3 is 0 Å². The summed E-state index contributed by atoms with van der Waals surface area (Å²) >= 11 is 6.07. The Kier molecular flexibility index (Phi) is 6.64. The van der Waals surface area contributed by atoms with Crippen molar-refractivity contribution in [2.24, 2.45) is 5.73 Å². The molecule has 0 aliphatic heterocycles. The Morgan fingerprint density at radius 1 is 1.21 bits per heavy atom. The summed E-state index contributed by atoms with van der Waals surface area (Å²) in [6.07, 6.45) is 0.810. The summed E-state index contributed by atoms with van der Waals surface area (Å²) in [5.41, 5.74) is 8.22. The molecule has 0 atom stereocenters. The van der Waals surface area contributed by atoms with Crippen LogP contribution in [-0.2, 0) is 13.0 Å². The third-order valence-corrected chi connectivity index (χ3v) is 3.95. The lowest BCUT2D eigenvalue weighted by atomic mass is 10.1. The van der Waals surface area contributed by atoms with Gasteiger partial charge in [0.2, 0.25) is 0 Å². The van der Waals surface area contributed by atoms with Crippen molar-refractivity contribution >= 4 is 17.5 Å². The van der Waals surface area contributed by atoms with E-state index >= 15 is 0 Å². The predicted molar refractivity (Wildman–Crippen MR) is 97.6 cm³/mol. The second kappa shape index (κ2) is 8.71. The van der Waals surface area contributed by atoms with Crippen LogP contribution in [0.3, 0.4) is 0 Å². The van der Waals surface area contributed by atoms with Crippen LogP contribution >= 0.6 is 11.6 Å². The molecule has 0 bridgehead atoms. The molecule has 0 aliphatic rings. The summed E-state index contributed by atoms with van der Waals surface area (Å²) in [4.78, 5) is 14.3. The molecule has 5 heteroatoms. The average molecular weight is 347 g/mol. The van der Waals surface area contributed by atoms with E-state index in [9.17, 15) is 4.79 Å². The van der Waals surface area contributed by atoms with Gasteiger partial charge in [-0.25, -0.2) is 0 Å². The van der Waals surface area contributed by atoms with E-state index in [2.05, 4.69) is 0 Å². The van der Waals surface area contributed by atoms with Gasteiger partial charge in [-0.05, 0) is 55.8 Å². The van der Waals surface area contributed by atoms with Gasteiger partial charge in [0, 0.05) is 29.7 Å². The van der Waals surface area contributed by atoms with Gasteiger partial charge < -0.3 is 15.4 Å². The summed E-state index contributed by atoms with van der Waals surface area (Å²) in [5, 5.41) is 0.625. The quantitative estimate of drug-likeness (QED) is 0.834. The predicted octanol–water partition coefficient (Wildman–Crippen LogP) is 3.51. The number of carbonyl (C=O) groups is 1. The van der Waals surface area contributed by atoms with Crippen LogP contribution in [0.15, 0.2) is 42.5 Å². The minimum absolute atomic E-state index is 0.0447. The number of ether oxygens (including phenoxy) is 1. The molecule has 4 nitrogen and oxygen atoms in total. The lowest BCUT2D eigenvalue weighted by Gasteiger charge is -2.20. The number of amides is 1. The van der Waals surface area contributed by atoms with Crippen molar-refractivity contribution in [3.8, 4) is 5.75 Å². The molecule has 0 fully saturated rings. The van der Waals surface area contributed by atoms with Crippen molar-refractivity contribution in [1.29, 1.82) is 0 Å². The standard InChI is InChI=1S/C19H23ClN2O2/c1-3-24-18-9-8-17(20)12-16(18)13-22(2)19(23)15-6-4-14(5-7-15)10-11-21/h4-9,12H,3,10-11,13,21H2,1-2H3. The molecule has 24 heavy (non-hydrogen) atoms. The largest absolute Gasteiger partial charge is 0.494 e. The van der Waals surface area contributed by atoms with Gasteiger partial charge in [0.1, 0.15) is 5.75 Å². The molecular formula is C19H23ClN2O2. The number of hydrogen-bond acceptors (Lipinski definition) is 3. The summed E-state index contributed by atoms with van der Waals surface area (Å²) in [5.74, 6) is 0.705. The Morgan fingerprint density at radius 3 is 2.54 bits per heavy atom. The molecule has 0 aliphatic carbocycles. The van der Waals surface area contributed by atoms with E-state index < -0.39 is 0 Å². The molecule has 1 amide bonds. The average Bonchev–Trinajstić information content (AvgIpc) is 2.58. The van der Waals surface area contributed by atoms with E-state index in [-0.39, 0.29) is 5.91 Å². The van der Waals surface area contributed by atoms with Crippen molar-refractivity contribution in [3.05, 3.63) is 64.2 Å². The monoisotopic (exact) mass is 346 g/mol. The lowest BCUT2D eigenvalue weighted by Crippen LogP contribution is -2.26. The molecule has 128 valence electrons. The first kappa shape index (κ1) is 18.3. The fourth-order valence-electron chi connectivity index (χ4n) is 2.50. The van der Waals surface area contributed by atoms with Gasteiger partial charge in [-0.2, -0.15) is 0 Å². The Hall–Kier alpha value is -2.04. The van der Waals surface area contributed by atoms with Gasteiger partial charge in [-0.1, -0.05) is 23.7 Å². The number of rotatable bonds is 7. The molecule has 0 unspecified atom stereocenters. The maximum atomic E-state index is 12.6. The zero-order valence-electron chi connectivity index (χ0n) is 14.1. The van der Waals surface area contributed by atoms with Crippen molar-refractivity contribution in [2.75, 3.05) is 20.2 Å². The minimum atomic E-state index is -0.0447. The third-order valence-electron chi connectivity index (χ3n) is 3.71. The molecule has 0 spiro atoms. The van der Waals surface area contributed by atoms with Gasteiger partial charge in [-0.3, -0.25) is 4.79 Å². The number of nitrogens with zero attached hydrogens (tertiary/aromatic N) is 1. The Morgan fingerprint density at radius 2 is 1.92 bits per heavy atom. The number of benzene rings is 2. The maximum Gasteiger partial charge on any atom is 0.253 e. The SMILES string of the molecule is CCOc1ccc(Cl)cc1CN(C)C(=O)c1ccc(CCN)cc1. The molecule has 0 saturated carbocycles. The summed E-state index contributed by atoms with van der Waals surface area (Å²) in [7, 11) is 1.77. The van der Waals surface area contributed by atoms with Gasteiger partial charge in [-0.15, -0.1) is 0 Å². The zero-order valence-corrected chi connectivity index (χ0v) is 14.8. The summed E-state index contributed by atoms with van der Waals surface area (Å²) in [6, 6.07) is 13.0. The lowest BCUT2D eigenvalue weighted by molar-refractivity contribution is 0.0784. The molecule has 0 saturated heterocycles. The van der Waals surface area contributed by atoms with E-state index in [1.54, 1.807) is 18.0 Å². The molecular weight excluding hydrogens is 324 g/mol. The number of carbonyl (C=O) groups excluding carboxylic acids is 1. The fourth-order valence-corrected chi connectivity index (χ4v) is 2.69. The fraction of sp³-hybridized carbons (Fsp3) is 0.316. The van der Waals surface area contributed by atoms with Gasteiger partial charge in [0.25, 0.3) is 5.91 Å². The van der Waals surface area contributed by atoms with E-state index in [0.29, 0.717) is 30.3 Å². The molecule has 2 aromatic carbocycles. The first-order chi connectivity index (χ1) is 11.5. The van der Waals surface area contributed by atoms with E-state index in [4.69, 9.17) is 22.1 Å². The molecule has 2 aromatic rings.